The molecule has 0 spiro atoms. The minimum atomic E-state index is -0.909. The van der Waals surface area contributed by atoms with Crippen LogP contribution < -0.4 is 4.74 Å². The van der Waals surface area contributed by atoms with E-state index in [1.54, 1.807) is 7.11 Å². The minimum absolute atomic E-state index is 0.0531. The van der Waals surface area contributed by atoms with Crippen molar-refractivity contribution in [2.24, 2.45) is 0 Å². The summed E-state index contributed by atoms with van der Waals surface area (Å²) in [6, 6.07) is 3.87. The number of aromatic nitrogens is 1. The maximum absolute atomic E-state index is 10.5. The Hall–Kier alpha value is -1.66. The van der Waals surface area contributed by atoms with Gasteiger partial charge >= 0.3 is 5.97 Å². The quantitative estimate of drug-likeness (QED) is 0.856. The SMILES string of the molecule is COc1cc(C)nc(CN2CCC(OCC(=O)O)CC2)c1. The van der Waals surface area contributed by atoms with Crippen LogP contribution in [0.2, 0.25) is 0 Å². The minimum Gasteiger partial charge on any atom is -0.497 e. The zero-order valence-electron chi connectivity index (χ0n) is 12.5. The van der Waals surface area contributed by atoms with E-state index in [2.05, 4.69) is 9.88 Å². The lowest BCUT2D eigenvalue weighted by Gasteiger charge is -2.31. The van der Waals surface area contributed by atoms with Gasteiger partial charge in [-0.25, -0.2) is 4.79 Å². The molecule has 1 aliphatic rings. The molecule has 0 unspecified atom stereocenters. The second-order valence-electron chi connectivity index (χ2n) is 5.32. The average Bonchev–Trinajstić information content (AvgIpc) is 2.46. The second kappa shape index (κ2) is 7.38. The van der Waals surface area contributed by atoms with Gasteiger partial charge < -0.3 is 14.6 Å². The molecule has 0 aromatic carbocycles. The highest BCUT2D eigenvalue weighted by molar-refractivity contribution is 5.68. The first-order valence-electron chi connectivity index (χ1n) is 7.14. The van der Waals surface area contributed by atoms with E-state index in [0.29, 0.717) is 0 Å². The van der Waals surface area contributed by atoms with Gasteiger partial charge in [0.05, 0.1) is 18.9 Å². The Morgan fingerprint density at radius 3 is 2.76 bits per heavy atom. The third-order valence-corrected chi connectivity index (χ3v) is 3.58. The Morgan fingerprint density at radius 1 is 1.43 bits per heavy atom. The molecule has 1 aromatic rings. The van der Waals surface area contributed by atoms with Crippen LogP contribution in [0, 0.1) is 6.92 Å². The van der Waals surface area contributed by atoms with Crippen LogP contribution >= 0.6 is 0 Å². The molecule has 21 heavy (non-hydrogen) atoms. The molecule has 1 N–H and O–H groups in total. The molecule has 6 nitrogen and oxygen atoms in total. The first-order chi connectivity index (χ1) is 10.1. The van der Waals surface area contributed by atoms with Gasteiger partial charge in [-0.2, -0.15) is 0 Å². The van der Waals surface area contributed by atoms with Crippen LogP contribution in [0.5, 0.6) is 5.75 Å². The first kappa shape index (κ1) is 15.7. The lowest BCUT2D eigenvalue weighted by atomic mass is 10.1. The summed E-state index contributed by atoms with van der Waals surface area (Å²) in [6.45, 7) is 4.31. The van der Waals surface area contributed by atoms with E-state index in [1.165, 1.54) is 0 Å². The van der Waals surface area contributed by atoms with Crippen LogP contribution in [0.1, 0.15) is 24.2 Å². The van der Waals surface area contributed by atoms with Gasteiger partial charge in [-0.05, 0) is 19.8 Å². The number of carbonyl (C=O) groups is 1. The second-order valence-corrected chi connectivity index (χ2v) is 5.32. The number of ether oxygens (including phenoxy) is 2. The van der Waals surface area contributed by atoms with Crippen LogP contribution in [0.25, 0.3) is 0 Å². The summed E-state index contributed by atoms with van der Waals surface area (Å²) in [5.41, 5.74) is 1.95. The standard InChI is InChI=1S/C15H22N2O4/c1-11-7-14(20-2)8-12(16-11)9-17-5-3-13(4-6-17)21-10-15(18)19/h7-8,13H,3-6,9-10H2,1-2H3,(H,18,19). The number of rotatable bonds is 6. The van der Waals surface area contributed by atoms with Gasteiger partial charge in [0, 0.05) is 37.5 Å². The van der Waals surface area contributed by atoms with E-state index in [4.69, 9.17) is 14.6 Å². The molecule has 0 amide bonds. The summed E-state index contributed by atoms with van der Waals surface area (Å²) in [4.78, 5) is 17.3. The Balaban J connectivity index is 1.83. The van der Waals surface area contributed by atoms with E-state index in [1.807, 2.05) is 19.1 Å². The maximum Gasteiger partial charge on any atom is 0.329 e. The summed E-state index contributed by atoms with van der Waals surface area (Å²) in [5.74, 6) is -0.0781. The van der Waals surface area contributed by atoms with Gasteiger partial charge in [0.2, 0.25) is 0 Å². The fraction of sp³-hybridized carbons (Fsp3) is 0.600. The fourth-order valence-corrected chi connectivity index (χ4v) is 2.55. The number of pyridine rings is 1. The highest BCUT2D eigenvalue weighted by atomic mass is 16.5. The summed E-state index contributed by atoms with van der Waals surface area (Å²) in [7, 11) is 1.66. The zero-order valence-corrected chi connectivity index (χ0v) is 12.5. The van der Waals surface area contributed by atoms with Gasteiger partial charge in [0.15, 0.2) is 0 Å². The molecule has 0 radical (unpaired) electrons. The van der Waals surface area contributed by atoms with Crippen molar-refractivity contribution >= 4 is 5.97 Å². The van der Waals surface area contributed by atoms with Gasteiger partial charge in [-0.15, -0.1) is 0 Å². The van der Waals surface area contributed by atoms with Crippen molar-refractivity contribution < 1.29 is 19.4 Å². The van der Waals surface area contributed by atoms with Crippen LogP contribution in [-0.2, 0) is 16.1 Å². The van der Waals surface area contributed by atoms with Crippen molar-refractivity contribution in [1.29, 1.82) is 0 Å². The predicted molar refractivity (Wildman–Crippen MR) is 77.4 cm³/mol. The summed E-state index contributed by atoms with van der Waals surface area (Å²) < 4.78 is 10.6. The van der Waals surface area contributed by atoms with Crippen molar-refractivity contribution in [1.82, 2.24) is 9.88 Å². The van der Waals surface area contributed by atoms with E-state index in [0.717, 1.165) is 49.6 Å². The topological polar surface area (TPSA) is 71.9 Å². The molecule has 2 rings (SSSR count). The number of hydrogen-bond acceptors (Lipinski definition) is 5. The maximum atomic E-state index is 10.5. The Labute approximate surface area is 124 Å². The summed E-state index contributed by atoms with van der Waals surface area (Å²) in [5, 5.41) is 8.61. The number of hydrogen-bond donors (Lipinski definition) is 1. The Bertz CT molecular complexity index is 485. The van der Waals surface area contributed by atoms with E-state index >= 15 is 0 Å². The molecule has 1 fully saturated rings. The summed E-state index contributed by atoms with van der Waals surface area (Å²) in [6.07, 6.45) is 1.77. The van der Waals surface area contributed by atoms with Crippen molar-refractivity contribution in [2.45, 2.75) is 32.4 Å². The predicted octanol–water partition coefficient (Wildman–Crippen LogP) is 1.46. The van der Waals surface area contributed by atoms with Crippen LogP contribution in [0.15, 0.2) is 12.1 Å². The van der Waals surface area contributed by atoms with Crippen molar-refractivity contribution in [3.63, 3.8) is 0 Å². The molecule has 1 saturated heterocycles. The number of piperidine rings is 1. The largest absolute Gasteiger partial charge is 0.497 e. The van der Waals surface area contributed by atoms with Crippen molar-refractivity contribution in [2.75, 3.05) is 26.8 Å². The molecular formula is C15H22N2O4. The number of aryl methyl sites for hydroxylation is 1. The smallest absolute Gasteiger partial charge is 0.329 e. The Morgan fingerprint density at radius 2 is 2.14 bits per heavy atom. The highest BCUT2D eigenvalue weighted by Gasteiger charge is 2.20. The molecule has 0 bridgehead atoms. The molecule has 0 saturated carbocycles. The van der Waals surface area contributed by atoms with Crippen LogP contribution in [0.4, 0.5) is 0 Å². The van der Waals surface area contributed by atoms with Crippen molar-refractivity contribution in [3.05, 3.63) is 23.5 Å². The number of nitrogens with zero attached hydrogens (tertiary/aromatic N) is 2. The van der Waals surface area contributed by atoms with Crippen LogP contribution in [-0.4, -0.2) is 53.9 Å². The van der Waals surface area contributed by atoms with Gasteiger partial charge in [0.1, 0.15) is 12.4 Å². The highest BCUT2D eigenvalue weighted by Crippen LogP contribution is 2.18. The lowest BCUT2D eigenvalue weighted by molar-refractivity contribution is -0.145. The molecule has 2 heterocycles. The summed E-state index contributed by atoms with van der Waals surface area (Å²) >= 11 is 0. The molecule has 1 aromatic heterocycles. The molecule has 116 valence electrons. The number of carboxylic acid groups (broad SMARTS) is 1. The fourth-order valence-electron chi connectivity index (χ4n) is 2.55. The van der Waals surface area contributed by atoms with E-state index < -0.39 is 5.97 Å². The molecule has 6 heteroatoms. The van der Waals surface area contributed by atoms with Gasteiger partial charge in [0.25, 0.3) is 0 Å². The molecule has 0 aliphatic carbocycles. The number of carboxylic acids is 1. The average molecular weight is 294 g/mol. The third kappa shape index (κ3) is 4.99. The van der Waals surface area contributed by atoms with Crippen LogP contribution in [0.3, 0.4) is 0 Å². The van der Waals surface area contributed by atoms with E-state index in [-0.39, 0.29) is 12.7 Å². The molecular weight excluding hydrogens is 272 g/mol. The monoisotopic (exact) mass is 294 g/mol. The zero-order chi connectivity index (χ0) is 15.2. The number of likely N-dealkylation sites (tertiary alicyclic amines) is 1. The molecule has 1 aliphatic heterocycles. The normalized spacial score (nSPS) is 16.9. The van der Waals surface area contributed by atoms with Gasteiger partial charge in [-0.1, -0.05) is 0 Å². The number of aliphatic carboxylic acids is 1. The Kier molecular flexibility index (Phi) is 5.52. The molecule has 0 atom stereocenters. The van der Waals surface area contributed by atoms with Crippen molar-refractivity contribution in [3.8, 4) is 5.75 Å². The third-order valence-electron chi connectivity index (χ3n) is 3.58. The number of methoxy groups -OCH3 is 1. The van der Waals surface area contributed by atoms with E-state index in [9.17, 15) is 4.79 Å². The lowest BCUT2D eigenvalue weighted by Crippen LogP contribution is -2.37. The first-order valence-corrected chi connectivity index (χ1v) is 7.14. The van der Waals surface area contributed by atoms with Gasteiger partial charge in [-0.3, -0.25) is 9.88 Å².